The minimum Gasteiger partial charge on any atom is -0.313 e. The molecule has 5 heteroatoms. The zero-order valence-corrected chi connectivity index (χ0v) is 8.06. The van der Waals surface area contributed by atoms with E-state index in [0.717, 1.165) is 12.1 Å². The van der Waals surface area contributed by atoms with Gasteiger partial charge in [-0.15, -0.1) is 0 Å². The highest BCUT2D eigenvalue weighted by molar-refractivity contribution is 5.97. The Bertz CT molecular complexity index is 366. The molecule has 0 radical (unpaired) electrons. The van der Waals surface area contributed by atoms with E-state index < -0.39 is 17.8 Å². The van der Waals surface area contributed by atoms with Crippen molar-refractivity contribution in [2.24, 2.45) is 0 Å². The molecular formula is C10H10F3NO. The van der Waals surface area contributed by atoms with Gasteiger partial charge in [-0.3, -0.25) is 4.79 Å². The maximum absolute atomic E-state index is 13.0. The van der Waals surface area contributed by atoms with Crippen LogP contribution in [-0.2, 0) is 0 Å². The third kappa shape index (κ3) is 2.79. The first-order chi connectivity index (χ1) is 7.06. The minimum atomic E-state index is -2.86. The van der Waals surface area contributed by atoms with Crippen LogP contribution < -0.4 is 5.32 Å². The second-order valence-corrected chi connectivity index (χ2v) is 2.99. The molecule has 0 aromatic heterocycles. The summed E-state index contributed by atoms with van der Waals surface area (Å²) in [6, 6.07) is 2.97. The summed E-state index contributed by atoms with van der Waals surface area (Å²) >= 11 is 0. The predicted octanol–water partition coefficient (Wildman–Crippen LogP) is 2.17. The molecule has 0 aliphatic heterocycles. The second kappa shape index (κ2) is 4.93. The van der Waals surface area contributed by atoms with E-state index >= 15 is 0 Å². The number of alkyl halides is 2. The number of nitrogens with one attached hydrogen (secondary N) is 1. The molecule has 0 bridgehead atoms. The van der Waals surface area contributed by atoms with Crippen LogP contribution in [0.25, 0.3) is 0 Å². The number of hydrogen-bond acceptors (Lipinski definition) is 2. The van der Waals surface area contributed by atoms with Crippen molar-refractivity contribution in [2.75, 3.05) is 13.6 Å². The SMILES string of the molecule is CNCC(=O)c1ccc(C(F)F)c(F)c1. The number of likely N-dealkylation sites (N-methyl/N-ethyl adjacent to an activating group) is 1. The smallest absolute Gasteiger partial charge is 0.266 e. The van der Waals surface area contributed by atoms with E-state index in [1.54, 1.807) is 7.05 Å². The molecule has 0 aliphatic carbocycles. The largest absolute Gasteiger partial charge is 0.313 e. The van der Waals surface area contributed by atoms with E-state index in [1.807, 2.05) is 0 Å². The molecule has 0 saturated heterocycles. The normalized spacial score (nSPS) is 10.7. The lowest BCUT2D eigenvalue weighted by Crippen LogP contribution is -2.18. The summed E-state index contributed by atoms with van der Waals surface area (Å²) in [5, 5.41) is 2.60. The average molecular weight is 217 g/mol. The number of rotatable bonds is 4. The molecule has 0 spiro atoms. The van der Waals surface area contributed by atoms with Gasteiger partial charge in [0, 0.05) is 5.56 Å². The van der Waals surface area contributed by atoms with Gasteiger partial charge < -0.3 is 5.32 Å². The number of carbonyl (C=O) groups is 1. The van der Waals surface area contributed by atoms with Gasteiger partial charge in [0.05, 0.1) is 12.1 Å². The fourth-order valence-electron chi connectivity index (χ4n) is 1.14. The average Bonchev–Trinajstić information content (AvgIpc) is 2.17. The Morgan fingerprint density at radius 1 is 1.47 bits per heavy atom. The molecule has 0 saturated carbocycles. The monoisotopic (exact) mass is 217 g/mol. The summed E-state index contributed by atoms with van der Waals surface area (Å²) in [6.07, 6.45) is -2.86. The summed E-state index contributed by atoms with van der Waals surface area (Å²) < 4.78 is 37.4. The number of hydrogen-bond donors (Lipinski definition) is 1. The van der Waals surface area contributed by atoms with Crippen LogP contribution >= 0.6 is 0 Å². The van der Waals surface area contributed by atoms with Gasteiger partial charge in [0.15, 0.2) is 5.78 Å². The van der Waals surface area contributed by atoms with Crippen LogP contribution in [0.5, 0.6) is 0 Å². The fraction of sp³-hybridized carbons (Fsp3) is 0.300. The topological polar surface area (TPSA) is 29.1 Å². The summed E-state index contributed by atoms with van der Waals surface area (Å²) in [6.45, 7) is 0.0491. The van der Waals surface area contributed by atoms with Crippen LogP contribution in [0, 0.1) is 5.82 Å². The van der Waals surface area contributed by atoms with E-state index in [0.29, 0.717) is 0 Å². The van der Waals surface area contributed by atoms with E-state index in [4.69, 9.17) is 0 Å². The van der Waals surface area contributed by atoms with Crippen LogP contribution in [0.15, 0.2) is 18.2 Å². The van der Waals surface area contributed by atoms with Crippen LogP contribution in [0.1, 0.15) is 22.3 Å². The van der Waals surface area contributed by atoms with Crippen LogP contribution in [0.3, 0.4) is 0 Å². The molecule has 0 unspecified atom stereocenters. The standard InChI is InChI=1S/C10H10F3NO/c1-14-5-9(15)6-2-3-7(10(12)13)8(11)4-6/h2-4,10,14H,5H2,1H3. The highest BCUT2D eigenvalue weighted by Crippen LogP contribution is 2.22. The Morgan fingerprint density at radius 2 is 2.13 bits per heavy atom. The Morgan fingerprint density at radius 3 is 2.60 bits per heavy atom. The zero-order valence-electron chi connectivity index (χ0n) is 8.06. The first kappa shape index (κ1) is 11.7. The Balaban J connectivity index is 2.96. The van der Waals surface area contributed by atoms with Crippen molar-refractivity contribution in [1.29, 1.82) is 0 Å². The minimum absolute atomic E-state index is 0.0491. The summed E-state index contributed by atoms with van der Waals surface area (Å²) in [4.78, 5) is 11.3. The van der Waals surface area contributed by atoms with Crippen molar-refractivity contribution < 1.29 is 18.0 Å². The van der Waals surface area contributed by atoms with E-state index in [9.17, 15) is 18.0 Å². The van der Waals surface area contributed by atoms with Gasteiger partial charge in [-0.25, -0.2) is 13.2 Å². The van der Waals surface area contributed by atoms with Crippen LogP contribution in [-0.4, -0.2) is 19.4 Å². The maximum atomic E-state index is 13.0. The molecule has 1 rings (SSSR count). The van der Waals surface area contributed by atoms with E-state index in [1.165, 1.54) is 6.07 Å². The number of Topliss-reactive ketones (excluding diaryl/α,β-unsaturated/α-hetero) is 1. The molecule has 0 aliphatic rings. The van der Waals surface area contributed by atoms with Crippen molar-refractivity contribution in [3.8, 4) is 0 Å². The lowest BCUT2D eigenvalue weighted by Gasteiger charge is -2.04. The molecule has 0 atom stereocenters. The van der Waals surface area contributed by atoms with Crippen molar-refractivity contribution in [2.45, 2.75) is 6.43 Å². The summed E-state index contributed by atoms with van der Waals surface area (Å²) in [5.74, 6) is -1.39. The summed E-state index contributed by atoms with van der Waals surface area (Å²) in [7, 11) is 1.57. The summed E-state index contributed by atoms with van der Waals surface area (Å²) in [5.41, 5.74) is -0.595. The Labute approximate surface area is 85.1 Å². The molecule has 0 fully saturated rings. The van der Waals surface area contributed by atoms with Gasteiger partial charge in [0.2, 0.25) is 0 Å². The lowest BCUT2D eigenvalue weighted by molar-refractivity contribution is 0.0992. The van der Waals surface area contributed by atoms with Crippen molar-refractivity contribution in [1.82, 2.24) is 5.32 Å². The lowest BCUT2D eigenvalue weighted by atomic mass is 10.1. The number of ketones is 1. The van der Waals surface area contributed by atoms with Crippen molar-refractivity contribution in [3.05, 3.63) is 35.1 Å². The highest BCUT2D eigenvalue weighted by atomic mass is 19.3. The highest BCUT2D eigenvalue weighted by Gasteiger charge is 2.15. The Hall–Kier alpha value is -1.36. The third-order valence-electron chi connectivity index (χ3n) is 1.89. The van der Waals surface area contributed by atoms with Gasteiger partial charge >= 0.3 is 0 Å². The molecular weight excluding hydrogens is 207 g/mol. The number of halogens is 3. The maximum Gasteiger partial charge on any atom is 0.266 e. The first-order valence-corrected chi connectivity index (χ1v) is 4.31. The molecule has 15 heavy (non-hydrogen) atoms. The third-order valence-corrected chi connectivity index (χ3v) is 1.89. The van der Waals surface area contributed by atoms with E-state index in [-0.39, 0.29) is 17.9 Å². The van der Waals surface area contributed by atoms with Gasteiger partial charge in [0.1, 0.15) is 5.82 Å². The first-order valence-electron chi connectivity index (χ1n) is 4.31. The van der Waals surface area contributed by atoms with Gasteiger partial charge in [-0.2, -0.15) is 0 Å². The molecule has 1 aromatic rings. The van der Waals surface area contributed by atoms with Gasteiger partial charge in [-0.1, -0.05) is 6.07 Å². The molecule has 1 N–H and O–H groups in total. The second-order valence-electron chi connectivity index (χ2n) is 2.99. The van der Waals surface area contributed by atoms with Crippen molar-refractivity contribution in [3.63, 3.8) is 0 Å². The van der Waals surface area contributed by atoms with Crippen LogP contribution in [0.2, 0.25) is 0 Å². The molecule has 0 amide bonds. The molecule has 2 nitrogen and oxygen atoms in total. The quantitative estimate of drug-likeness (QED) is 0.783. The van der Waals surface area contributed by atoms with Crippen LogP contribution in [0.4, 0.5) is 13.2 Å². The predicted molar refractivity (Wildman–Crippen MR) is 49.6 cm³/mol. The molecule has 1 aromatic carbocycles. The number of carbonyl (C=O) groups excluding carboxylic acids is 1. The van der Waals surface area contributed by atoms with E-state index in [2.05, 4.69) is 5.32 Å². The van der Waals surface area contributed by atoms with Gasteiger partial charge in [-0.05, 0) is 19.2 Å². The van der Waals surface area contributed by atoms with Crippen molar-refractivity contribution >= 4 is 5.78 Å². The zero-order chi connectivity index (χ0) is 11.4. The Kier molecular flexibility index (Phi) is 3.85. The molecule has 0 heterocycles. The number of benzene rings is 1. The molecule has 82 valence electrons. The van der Waals surface area contributed by atoms with Gasteiger partial charge in [0.25, 0.3) is 6.43 Å². The fourth-order valence-corrected chi connectivity index (χ4v) is 1.14.